The highest BCUT2D eigenvalue weighted by atomic mass is 28.2. The predicted molar refractivity (Wildman–Crippen MR) is 66.8 cm³/mol. The molecule has 0 saturated carbocycles. The summed E-state index contributed by atoms with van der Waals surface area (Å²) in [6.07, 6.45) is -0.0330. The lowest BCUT2D eigenvalue weighted by Gasteiger charge is -2.38. The van der Waals surface area contributed by atoms with E-state index in [2.05, 4.69) is 33.9 Å². The van der Waals surface area contributed by atoms with E-state index in [1.165, 1.54) is 0 Å². The van der Waals surface area contributed by atoms with Gasteiger partial charge in [0.25, 0.3) is 0 Å². The third-order valence-electron chi connectivity index (χ3n) is 2.87. The second kappa shape index (κ2) is 6.73. The molecule has 0 rings (SSSR count). The molecule has 0 spiro atoms. The van der Waals surface area contributed by atoms with Crippen LogP contribution in [-0.4, -0.2) is 32.4 Å². The summed E-state index contributed by atoms with van der Waals surface area (Å²) in [6.45, 7) is 11.5. The number of rotatable bonds is 7. The van der Waals surface area contributed by atoms with Gasteiger partial charge in [0, 0.05) is 5.41 Å². The van der Waals surface area contributed by atoms with E-state index in [4.69, 9.17) is 14.6 Å². The maximum Gasteiger partial charge on any atom is 0.161 e. The zero-order valence-corrected chi connectivity index (χ0v) is 13.0. The summed E-state index contributed by atoms with van der Waals surface area (Å²) in [5.41, 5.74) is 5.73. The first-order valence-electron chi connectivity index (χ1n) is 5.43. The Morgan fingerprint density at radius 1 is 1.21 bits per heavy atom. The SMILES string of the molecule is C[SiH2]OC(O[SiH2]C)C(C)(C)C(C)CN. The lowest BCUT2D eigenvalue weighted by atomic mass is 9.79. The molecular weight excluding hydrogens is 210 g/mol. The minimum Gasteiger partial charge on any atom is -0.400 e. The van der Waals surface area contributed by atoms with Crippen LogP contribution in [0, 0.1) is 11.3 Å². The van der Waals surface area contributed by atoms with Crippen molar-refractivity contribution in [3.63, 3.8) is 0 Å². The van der Waals surface area contributed by atoms with Gasteiger partial charge in [-0.1, -0.05) is 33.9 Å². The van der Waals surface area contributed by atoms with Gasteiger partial charge in [-0.15, -0.1) is 0 Å². The zero-order chi connectivity index (χ0) is 11.2. The maximum atomic E-state index is 5.77. The Kier molecular flexibility index (Phi) is 6.89. The third kappa shape index (κ3) is 3.82. The minimum atomic E-state index is -0.417. The van der Waals surface area contributed by atoms with Crippen LogP contribution in [0.4, 0.5) is 0 Å². The van der Waals surface area contributed by atoms with E-state index in [1.54, 1.807) is 0 Å². The average Bonchev–Trinajstić information content (AvgIpc) is 2.16. The highest BCUT2D eigenvalue weighted by Crippen LogP contribution is 2.32. The monoisotopic (exact) mass is 235 g/mol. The highest BCUT2D eigenvalue weighted by Gasteiger charge is 2.34. The van der Waals surface area contributed by atoms with E-state index in [0.29, 0.717) is 12.5 Å². The van der Waals surface area contributed by atoms with Crippen LogP contribution in [0.5, 0.6) is 0 Å². The predicted octanol–water partition coefficient (Wildman–Crippen LogP) is 0.231. The molecule has 3 nitrogen and oxygen atoms in total. The second-order valence-electron chi connectivity index (χ2n) is 4.20. The minimum absolute atomic E-state index is 0.0285. The molecule has 1 atom stereocenters. The van der Waals surface area contributed by atoms with Gasteiger partial charge in [-0.25, -0.2) is 0 Å². The average molecular weight is 235 g/mol. The van der Waals surface area contributed by atoms with E-state index in [9.17, 15) is 0 Å². The molecule has 1 unspecified atom stereocenters. The lowest BCUT2D eigenvalue weighted by molar-refractivity contribution is -0.0997. The van der Waals surface area contributed by atoms with Crippen LogP contribution in [0.25, 0.3) is 0 Å². The van der Waals surface area contributed by atoms with Crippen molar-refractivity contribution < 1.29 is 8.85 Å². The van der Waals surface area contributed by atoms with Crippen LogP contribution in [0.2, 0.25) is 13.1 Å². The third-order valence-corrected chi connectivity index (χ3v) is 4.14. The summed E-state index contributed by atoms with van der Waals surface area (Å²) in [5.74, 6) is 0.425. The van der Waals surface area contributed by atoms with Crippen molar-refractivity contribution in [3.8, 4) is 0 Å². The van der Waals surface area contributed by atoms with Crippen molar-refractivity contribution in [1.82, 2.24) is 0 Å². The molecule has 86 valence electrons. The molecule has 0 aromatic rings. The number of hydrogen-bond donors (Lipinski definition) is 1. The molecule has 0 heterocycles. The van der Waals surface area contributed by atoms with Crippen molar-refractivity contribution in [2.45, 2.75) is 40.2 Å². The molecule has 0 aliphatic carbocycles. The number of nitrogens with two attached hydrogens (primary N) is 1. The van der Waals surface area contributed by atoms with E-state index >= 15 is 0 Å². The van der Waals surface area contributed by atoms with Gasteiger partial charge >= 0.3 is 0 Å². The smallest absolute Gasteiger partial charge is 0.161 e. The van der Waals surface area contributed by atoms with E-state index in [0.717, 1.165) is 0 Å². The Balaban J connectivity index is 4.43. The fraction of sp³-hybridized carbons (Fsp3) is 1.00. The van der Waals surface area contributed by atoms with E-state index in [1.807, 2.05) is 0 Å². The van der Waals surface area contributed by atoms with Gasteiger partial charge in [-0.05, 0) is 12.5 Å². The van der Waals surface area contributed by atoms with E-state index in [-0.39, 0.29) is 11.7 Å². The molecule has 14 heavy (non-hydrogen) atoms. The zero-order valence-electron chi connectivity index (χ0n) is 10.2. The topological polar surface area (TPSA) is 44.5 Å². The first-order valence-corrected chi connectivity index (χ1v) is 9.42. The second-order valence-corrected chi connectivity index (χ2v) is 6.02. The van der Waals surface area contributed by atoms with Gasteiger partial charge in [0.2, 0.25) is 0 Å². The fourth-order valence-electron chi connectivity index (χ4n) is 1.32. The number of hydrogen-bond acceptors (Lipinski definition) is 3. The standard InChI is InChI=1S/C9H25NO2Si2/c1-7(6-10)9(2,3)8(11-13-4)12-14-5/h7-8H,6,10,13-14H2,1-5H3. The van der Waals surface area contributed by atoms with Gasteiger partial charge in [0.15, 0.2) is 19.5 Å². The van der Waals surface area contributed by atoms with Crippen LogP contribution in [-0.2, 0) is 8.85 Å². The first kappa shape index (κ1) is 14.3. The summed E-state index contributed by atoms with van der Waals surface area (Å²) in [5, 5.41) is 0. The van der Waals surface area contributed by atoms with Crippen molar-refractivity contribution >= 4 is 19.5 Å². The Hall–Kier alpha value is 0.314. The van der Waals surface area contributed by atoms with Gasteiger partial charge < -0.3 is 14.6 Å². The Labute approximate surface area is 92.6 Å². The van der Waals surface area contributed by atoms with Crippen molar-refractivity contribution in [1.29, 1.82) is 0 Å². The molecule has 0 radical (unpaired) electrons. The van der Waals surface area contributed by atoms with Crippen molar-refractivity contribution in [2.24, 2.45) is 17.1 Å². The Morgan fingerprint density at radius 3 is 1.93 bits per heavy atom. The van der Waals surface area contributed by atoms with Crippen LogP contribution in [0.3, 0.4) is 0 Å². The van der Waals surface area contributed by atoms with Gasteiger partial charge in [-0.2, -0.15) is 0 Å². The van der Waals surface area contributed by atoms with Gasteiger partial charge in [0.1, 0.15) is 6.29 Å². The molecular formula is C9H25NO2Si2. The summed E-state index contributed by atoms with van der Waals surface area (Å²) < 4.78 is 11.5. The molecule has 0 aliphatic heterocycles. The summed E-state index contributed by atoms with van der Waals surface area (Å²) in [7, 11) is -0.834. The summed E-state index contributed by atoms with van der Waals surface area (Å²) in [4.78, 5) is 0. The molecule has 0 amide bonds. The van der Waals surface area contributed by atoms with Crippen molar-refractivity contribution in [3.05, 3.63) is 0 Å². The van der Waals surface area contributed by atoms with Crippen LogP contribution >= 0.6 is 0 Å². The lowest BCUT2D eigenvalue weighted by Crippen LogP contribution is -2.43. The van der Waals surface area contributed by atoms with Crippen LogP contribution < -0.4 is 5.73 Å². The van der Waals surface area contributed by atoms with Crippen molar-refractivity contribution in [2.75, 3.05) is 6.54 Å². The summed E-state index contributed by atoms with van der Waals surface area (Å²) >= 11 is 0. The normalized spacial score (nSPS) is 18.4. The summed E-state index contributed by atoms with van der Waals surface area (Å²) in [6, 6.07) is 0. The molecule has 0 aromatic carbocycles. The molecule has 5 heteroatoms. The van der Waals surface area contributed by atoms with Crippen LogP contribution in [0.1, 0.15) is 20.8 Å². The molecule has 2 N–H and O–H groups in total. The fourth-order valence-corrected chi connectivity index (χ4v) is 3.17. The van der Waals surface area contributed by atoms with Gasteiger partial charge in [-0.3, -0.25) is 0 Å². The first-order chi connectivity index (χ1) is 6.50. The maximum absolute atomic E-state index is 5.77. The quantitative estimate of drug-likeness (QED) is 0.507. The Morgan fingerprint density at radius 2 is 1.64 bits per heavy atom. The van der Waals surface area contributed by atoms with E-state index < -0.39 is 19.5 Å². The molecule has 0 bridgehead atoms. The molecule has 0 aliphatic rings. The molecule has 0 saturated heterocycles. The largest absolute Gasteiger partial charge is 0.400 e. The highest BCUT2D eigenvalue weighted by molar-refractivity contribution is 6.26. The Bertz CT molecular complexity index is 150. The molecule has 0 fully saturated rings. The van der Waals surface area contributed by atoms with Crippen LogP contribution in [0.15, 0.2) is 0 Å². The molecule has 0 aromatic heterocycles. The van der Waals surface area contributed by atoms with Gasteiger partial charge in [0.05, 0.1) is 0 Å².